The normalized spacial score (nSPS) is 11.5. The third-order valence-corrected chi connectivity index (χ3v) is 11.7. The van der Waals surface area contributed by atoms with Gasteiger partial charge in [0.15, 0.2) is 0 Å². The van der Waals surface area contributed by atoms with E-state index in [0.29, 0.717) is 0 Å². The van der Waals surface area contributed by atoms with Crippen LogP contribution in [0.15, 0.2) is 0 Å². The molecule has 0 aliphatic carbocycles. The number of hydrogen-bond donors (Lipinski definition) is 0. The smallest absolute Gasteiger partial charge is 0.0218 e. The van der Waals surface area contributed by atoms with Gasteiger partial charge in [-0.1, -0.05) is 129 Å². The van der Waals surface area contributed by atoms with Crippen molar-refractivity contribution >= 4 is 26.6 Å². The van der Waals surface area contributed by atoms with E-state index in [-0.39, 0.29) is 7.83 Å². The van der Waals surface area contributed by atoms with Crippen molar-refractivity contribution in [2.45, 2.75) is 129 Å². The van der Waals surface area contributed by atoms with Crippen molar-refractivity contribution in [3.8, 4) is 0 Å². The maximum absolute atomic E-state index is 4.06. The van der Waals surface area contributed by atoms with Crippen molar-refractivity contribution in [2.75, 3.05) is 0 Å². The fourth-order valence-corrected chi connectivity index (χ4v) is 8.68. The summed E-state index contributed by atoms with van der Waals surface area (Å²) in [5.41, 5.74) is 0. The molecule has 0 aromatic carbocycles. The van der Waals surface area contributed by atoms with Crippen LogP contribution in [0.5, 0.6) is 0 Å². The molecule has 0 saturated heterocycles. The highest BCUT2D eigenvalue weighted by molar-refractivity contribution is 7.34. The molecule has 0 aliphatic rings. The van der Waals surface area contributed by atoms with Crippen LogP contribution in [0.3, 0.4) is 0 Å². The van der Waals surface area contributed by atoms with Crippen molar-refractivity contribution in [3.05, 3.63) is 0 Å². The van der Waals surface area contributed by atoms with Gasteiger partial charge in [-0.25, -0.2) is 0 Å². The van der Waals surface area contributed by atoms with Crippen LogP contribution >= 0.6 is 0 Å². The van der Waals surface area contributed by atoms with E-state index in [0.717, 1.165) is 0 Å². The lowest BCUT2D eigenvalue weighted by Gasteiger charge is -2.08. The summed E-state index contributed by atoms with van der Waals surface area (Å²) in [7, 11) is 5.14. The molecule has 0 bridgehead atoms. The van der Waals surface area contributed by atoms with E-state index in [2.05, 4.69) is 23.6 Å². The molecule has 0 aromatic rings. The van der Waals surface area contributed by atoms with Crippen LogP contribution in [0.25, 0.3) is 0 Å². The number of unbranched alkanes of at least 4 members (excludes halogenated alkanes) is 14. The summed E-state index contributed by atoms with van der Waals surface area (Å²) in [6, 6.07) is 3.01. The van der Waals surface area contributed by atoms with Crippen molar-refractivity contribution < 1.29 is 0 Å². The minimum Gasteiger partial charge on any atom is -0.0654 e. The Bertz CT molecular complexity index is 209. The molecule has 0 rings (SSSR count). The fourth-order valence-electron chi connectivity index (χ4n) is 3.02. The second-order valence-electron chi connectivity index (χ2n) is 7.11. The van der Waals surface area contributed by atoms with E-state index in [1.165, 1.54) is 124 Å². The predicted molar refractivity (Wildman–Crippen MR) is 112 cm³/mol. The number of rotatable bonds is 19. The van der Waals surface area contributed by atoms with Gasteiger partial charge in [-0.3, -0.25) is 0 Å². The lowest BCUT2D eigenvalue weighted by Crippen LogP contribution is -2.22. The Morgan fingerprint density at radius 3 is 1.43 bits per heavy atom. The number of hydrogen-bond acceptors (Lipinski definition) is 0. The van der Waals surface area contributed by atoms with Crippen LogP contribution in [-0.4, -0.2) is 26.6 Å². The third-order valence-electron chi connectivity index (χ3n) is 4.65. The molecule has 134 valence electrons. The van der Waals surface area contributed by atoms with Gasteiger partial charge >= 0.3 is 0 Å². The van der Waals surface area contributed by atoms with Gasteiger partial charge in [0.1, 0.15) is 0 Å². The molecule has 0 saturated carbocycles. The molecule has 6 radical (unpaired) electrons. The van der Waals surface area contributed by atoms with E-state index in [1.807, 2.05) is 0 Å². The highest BCUT2D eigenvalue weighted by Crippen LogP contribution is 2.12. The molecule has 0 aromatic heterocycles. The molecule has 0 fully saturated rings. The summed E-state index contributed by atoms with van der Waals surface area (Å²) < 4.78 is 0. The summed E-state index contributed by atoms with van der Waals surface area (Å²) in [5.74, 6) is 0. The first-order valence-electron chi connectivity index (χ1n) is 10.6. The maximum Gasteiger partial charge on any atom is 0.0218 e. The highest BCUT2D eigenvalue weighted by atomic mass is 29.5. The largest absolute Gasteiger partial charge is 0.0654 e. The van der Waals surface area contributed by atoms with Crippen LogP contribution in [-0.2, 0) is 0 Å². The summed E-state index contributed by atoms with van der Waals surface area (Å²) >= 11 is 0. The van der Waals surface area contributed by atoms with Crippen molar-refractivity contribution in [1.29, 1.82) is 0 Å². The Kier molecular flexibility index (Phi) is 21.3. The topological polar surface area (TPSA) is 0 Å². The summed E-state index contributed by atoms with van der Waals surface area (Å²) in [6.07, 6.45) is 23.3. The van der Waals surface area contributed by atoms with Gasteiger partial charge in [0.05, 0.1) is 0 Å². The Morgan fingerprint density at radius 1 is 0.565 bits per heavy atom. The lowest BCUT2D eigenvalue weighted by atomic mass is 10.1. The molecule has 0 atom stereocenters. The minimum absolute atomic E-state index is 0.162. The molecule has 0 heterocycles. The van der Waals surface area contributed by atoms with Crippen LogP contribution in [0.4, 0.5) is 0 Å². The summed E-state index contributed by atoms with van der Waals surface area (Å²) in [6.45, 7) is 4.60. The molecule has 0 N–H and O–H groups in total. The van der Waals surface area contributed by atoms with E-state index in [4.69, 9.17) is 0 Å². The first kappa shape index (κ1) is 23.7. The molecule has 0 unspecified atom stereocenters. The van der Waals surface area contributed by atoms with Crippen LogP contribution < -0.4 is 0 Å². The summed E-state index contributed by atoms with van der Waals surface area (Å²) in [4.78, 5) is 0. The van der Waals surface area contributed by atoms with E-state index < -0.39 is 0 Å². The second-order valence-corrected chi connectivity index (χ2v) is 15.6. The zero-order chi connectivity index (χ0) is 17.0. The van der Waals surface area contributed by atoms with Crippen LogP contribution in [0.2, 0.25) is 12.1 Å². The van der Waals surface area contributed by atoms with Gasteiger partial charge in [0, 0.05) is 26.6 Å². The van der Waals surface area contributed by atoms with Crippen molar-refractivity contribution in [3.63, 3.8) is 0 Å². The Hall–Kier alpha value is 0.651. The fraction of sp³-hybridized carbons (Fsp3) is 1.00. The molecular weight excluding hydrogens is 324 g/mol. The average molecular weight is 367 g/mol. The molecule has 0 amide bonds. The van der Waals surface area contributed by atoms with E-state index >= 15 is 0 Å². The Balaban J connectivity index is 3.11. The minimum atomic E-state index is -0.162. The molecule has 3 heteroatoms. The van der Waals surface area contributed by atoms with Gasteiger partial charge in [0.2, 0.25) is 0 Å². The first-order valence-corrected chi connectivity index (χ1v) is 16.0. The Labute approximate surface area is 155 Å². The predicted octanol–water partition coefficient (Wildman–Crippen LogP) is 7.05. The zero-order valence-corrected chi connectivity index (χ0v) is 19.2. The second kappa shape index (κ2) is 20.7. The molecule has 23 heavy (non-hydrogen) atoms. The molecular formula is C20H42Si3. The quantitative estimate of drug-likeness (QED) is 0.170. The van der Waals surface area contributed by atoms with Crippen molar-refractivity contribution in [1.82, 2.24) is 0 Å². The van der Waals surface area contributed by atoms with Gasteiger partial charge in [-0.05, 0) is 0 Å². The lowest BCUT2D eigenvalue weighted by molar-refractivity contribution is 0.584. The van der Waals surface area contributed by atoms with Crippen LogP contribution in [0, 0.1) is 0 Å². The maximum atomic E-state index is 4.06. The van der Waals surface area contributed by atoms with Gasteiger partial charge in [-0.15, -0.1) is 0 Å². The highest BCUT2D eigenvalue weighted by Gasteiger charge is 2.04. The first-order chi connectivity index (χ1) is 11.3. The Morgan fingerprint density at radius 2 is 0.957 bits per heavy atom. The monoisotopic (exact) mass is 366 g/mol. The van der Waals surface area contributed by atoms with Gasteiger partial charge < -0.3 is 0 Å². The van der Waals surface area contributed by atoms with Gasteiger partial charge in [0.25, 0.3) is 0 Å². The molecule has 0 nitrogen and oxygen atoms in total. The third kappa shape index (κ3) is 20.6. The molecule has 0 spiro atoms. The standard InChI is InChI=1S/C20H42Si3/c1-3-5-7-9-11-13-15-17-19-22-23(21)20-18-16-14-12-10-8-6-4-2/h3-20H2,1-2H3. The van der Waals surface area contributed by atoms with Crippen molar-refractivity contribution in [2.24, 2.45) is 0 Å². The van der Waals surface area contributed by atoms with Crippen LogP contribution in [0.1, 0.15) is 117 Å². The summed E-state index contributed by atoms with van der Waals surface area (Å²) in [5, 5.41) is 0. The zero-order valence-electron chi connectivity index (χ0n) is 16.2. The van der Waals surface area contributed by atoms with Gasteiger partial charge in [-0.2, -0.15) is 0 Å². The molecule has 0 aliphatic heterocycles. The van der Waals surface area contributed by atoms with E-state index in [1.54, 1.807) is 0 Å². The van der Waals surface area contributed by atoms with E-state index in [9.17, 15) is 0 Å². The average Bonchev–Trinajstić information content (AvgIpc) is 2.56. The SMILES string of the molecule is CCCCCCCCCC[Si][Si]([Si])CCCCCCCCCC.